The van der Waals surface area contributed by atoms with Gasteiger partial charge in [0.1, 0.15) is 11.7 Å². The molecule has 2 nitrogen and oxygen atoms in total. The minimum Gasteiger partial charge on any atom is -0.328 e. The standard InChI is InChI=1S/C11H13FN2/c1-8-4-5-9(12)10(7-8)14-6-2-3-11(14)13/h4-5,7,13H,2-3,6H2,1H3. The summed E-state index contributed by atoms with van der Waals surface area (Å²) >= 11 is 0. The van der Waals surface area contributed by atoms with Crippen molar-refractivity contribution >= 4 is 11.5 Å². The molecule has 0 bridgehead atoms. The van der Waals surface area contributed by atoms with Crippen molar-refractivity contribution < 1.29 is 4.39 Å². The summed E-state index contributed by atoms with van der Waals surface area (Å²) in [7, 11) is 0. The fourth-order valence-electron chi connectivity index (χ4n) is 1.77. The number of hydrogen-bond acceptors (Lipinski definition) is 1. The lowest BCUT2D eigenvalue weighted by Crippen LogP contribution is -2.24. The van der Waals surface area contributed by atoms with Gasteiger partial charge in [-0.3, -0.25) is 5.41 Å². The predicted octanol–water partition coefficient (Wildman–Crippen LogP) is 2.71. The molecule has 3 heteroatoms. The molecule has 0 spiro atoms. The number of amidine groups is 1. The molecule has 74 valence electrons. The zero-order valence-corrected chi connectivity index (χ0v) is 8.18. The van der Waals surface area contributed by atoms with E-state index in [4.69, 9.17) is 5.41 Å². The maximum Gasteiger partial charge on any atom is 0.146 e. The first-order valence-electron chi connectivity index (χ1n) is 4.79. The molecule has 0 unspecified atom stereocenters. The van der Waals surface area contributed by atoms with Crippen LogP contribution in [-0.4, -0.2) is 12.4 Å². The lowest BCUT2D eigenvalue weighted by molar-refractivity contribution is 0.626. The fraction of sp³-hybridized carbons (Fsp3) is 0.364. The fourth-order valence-corrected chi connectivity index (χ4v) is 1.77. The Labute approximate surface area is 82.9 Å². The Balaban J connectivity index is 2.39. The molecule has 1 aromatic rings. The molecule has 1 saturated heterocycles. The summed E-state index contributed by atoms with van der Waals surface area (Å²) in [5, 5.41) is 7.67. The van der Waals surface area contributed by atoms with Gasteiger partial charge >= 0.3 is 0 Å². The van der Waals surface area contributed by atoms with Crippen molar-refractivity contribution in [3.05, 3.63) is 29.6 Å². The minimum absolute atomic E-state index is 0.234. The zero-order valence-electron chi connectivity index (χ0n) is 8.18. The summed E-state index contributed by atoms with van der Waals surface area (Å²) in [6.45, 7) is 2.70. The summed E-state index contributed by atoms with van der Waals surface area (Å²) in [4.78, 5) is 1.75. The van der Waals surface area contributed by atoms with Gasteiger partial charge in [0.15, 0.2) is 0 Å². The van der Waals surface area contributed by atoms with E-state index in [2.05, 4.69) is 0 Å². The van der Waals surface area contributed by atoms with E-state index in [1.54, 1.807) is 17.0 Å². The van der Waals surface area contributed by atoms with Crippen molar-refractivity contribution in [3.8, 4) is 0 Å². The van der Waals surface area contributed by atoms with Crippen molar-refractivity contribution in [2.45, 2.75) is 19.8 Å². The molecule has 0 amide bonds. The average molecular weight is 192 g/mol. The number of rotatable bonds is 1. The Bertz CT molecular complexity index is 374. The van der Waals surface area contributed by atoms with Crippen LogP contribution in [0, 0.1) is 18.2 Å². The summed E-state index contributed by atoms with van der Waals surface area (Å²) in [5.41, 5.74) is 1.58. The van der Waals surface area contributed by atoms with E-state index in [0.29, 0.717) is 11.5 Å². The van der Waals surface area contributed by atoms with Gasteiger partial charge in [-0.15, -0.1) is 0 Å². The highest BCUT2D eigenvalue weighted by molar-refractivity contribution is 5.97. The molecule has 1 aliphatic rings. The molecule has 14 heavy (non-hydrogen) atoms. The topological polar surface area (TPSA) is 27.1 Å². The Morgan fingerprint density at radius 1 is 1.43 bits per heavy atom. The number of halogens is 1. The lowest BCUT2D eigenvalue weighted by Gasteiger charge is -2.18. The van der Waals surface area contributed by atoms with Crippen LogP contribution in [-0.2, 0) is 0 Å². The Morgan fingerprint density at radius 3 is 2.86 bits per heavy atom. The van der Waals surface area contributed by atoms with Crippen LogP contribution in [0.5, 0.6) is 0 Å². The first kappa shape index (κ1) is 9.19. The zero-order chi connectivity index (χ0) is 10.1. The second-order valence-electron chi connectivity index (χ2n) is 3.66. The van der Waals surface area contributed by atoms with Crippen molar-refractivity contribution in [2.75, 3.05) is 11.4 Å². The number of nitrogens with one attached hydrogen (secondary N) is 1. The molecule has 0 radical (unpaired) electrons. The largest absolute Gasteiger partial charge is 0.328 e. The molecule has 1 N–H and O–H groups in total. The molecular weight excluding hydrogens is 179 g/mol. The van der Waals surface area contributed by atoms with Gasteiger partial charge in [-0.1, -0.05) is 6.07 Å². The molecule has 0 aromatic heterocycles. The molecule has 0 atom stereocenters. The number of nitrogens with zero attached hydrogens (tertiary/aromatic N) is 1. The van der Waals surface area contributed by atoms with Gasteiger partial charge in [0.2, 0.25) is 0 Å². The van der Waals surface area contributed by atoms with Crippen LogP contribution in [0.15, 0.2) is 18.2 Å². The lowest BCUT2D eigenvalue weighted by atomic mass is 10.2. The SMILES string of the molecule is Cc1ccc(F)c(N2CCCC2=N)c1. The van der Waals surface area contributed by atoms with Crippen molar-refractivity contribution in [3.63, 3.8) is 0 Å². The first-order chi connectivity index (χ1) is 6.68. The van der Waals surface area contributed by atoms with Gasteiger partial charge in [-0.25, -0.2) is 4.39 Å². The molecular formula is C11H13FN2. The number of aryl methyl sites for hydroxylation is 1. The molecule has 0 aliphatic carbocycles. The molecule has 1 heterocycles. The van der Waals surface area contributed by atoms with E-state index in [9.17, 15) is 4.39 Å². The summed E-state index contributed by atoms with van der Waals surface area (Å²) < 4.78 is 13.5. The Hall–Kier alpha value is -1.38. The number of benzene rings is 1. The first-order valence-corrected chi connectivity index (χ1v) is 4.79. The maximum absolute atomic E-state index is 13.5. The van der Waals surface area contributed by atoms with E-state index in [1.165, 1.54) is 6.07 Å². The smallest absolute Gasteiger partial charge is 0.146 e. The highest BCUT2D eigenvalue weighted by atomic mass is 19.1. The molecule has 1 aliphatic heterocycles. The summed E-state index contributed by atoms with van der Waals surface area (Å²) in [5.74, 6) is 0.289. The van der Waals surface area contributed by atoms with E-state index < -0.39 is 0 Å². The third-order valence-corrected chi connectivity index (χ3v) is 2.51. The second-order valence-corrected chi connectivity index (χ2v) is 3.66. The normalized spacial score (nSPS) is 16.4. The Morgan fingerprint density at radius 2 is 2.21 bits per heavy atom. The Kier molecular flexibility index (Phi) is 2.23. The van der Waals surface area contributed by atoms with Crippen LogP contribution < -0.4 is 4.90 Å². The minimum atomic E-state index is -0.234. The molecule has 1 aromatic carbocycles. The van der Waals surface area contributed by atoms with Gasteiger partial charge in [-0.2, -0.15) is 0 Å². The van der Waals surface area contributed by atoms with Crippen molar-refractivity contribution in [1.82, 2.24) is 0 Å². The summed E-state index contributed by atoms with van der Waals surface area (Å²) in [6.07, 6.45) is 1.71. The van der Waals surface area contributed by atoms with Crippen LogP contribution in [0.1, 0.15) is 18.4 Å². The highest BCUT2D eigenvalue weighted by Gasteiger charge is 2.20. The van der Waals surface area contributed by atoms with E-state index in [0.717, 1.165) is 24.9 Å². The van der Waals surface area contributed by atoms with Crippen molar-refractivity contribution in [1.29, 1.82) is 5.41 Å². The second kappa shape index (κ2) is 3.40. The highest BCUT2D eigenvalue weighted by Crippen LogP contribution is 2.25. The quantitative estimate of drug-likeness (QED) is 0.727. The van der Waals surface area contributed by atoms with Gasteiger partial charge in [-0.05, 0) is 31.0 Å². The molecule has 0 saturated carbocycles. The van der Waals surface area contributed by atoms with Crippen LogP contribution in [0.3, 0.4) is 0 Å². The number of hydrogen-bond donors (Lipinski definition) is 1. The summed E-state index contributed by atoms with van der Waals surface area (Å²) in [6, 6.07) is 5.02. The third kappa shape index (κ3) is 1.50. The van der Waals surface area contributed by atoms with Gasteiger partial charge in [0, 0.05) is 13.0 Å². The van der Waals surface area contributed by atoms with Gasteiger partial charge < -0.3 is 4.90 Å². The maximum atomic E-state index is 13.5. The van der Waals surface area contributed by atoms with Gasteiger partial charge in [0.25, 0.3) is 0 Å². The van der Waals surface area contributed by atoms with E-state index in [1.807, 2.05) is 6.92 Å². The van der Waals surface area contributed by atoms with Crippen molar-refractivity contribution in [2.24, 2.45) is 0 Å². The van der Waals surface area contributed by atoms with E-state index in [-0.39, 0.29) is 5.82 Å². The van der Waals surface area contributed by atoms with Crippen LogP contribution in [0.4, 0.5) is 10.1 Å². The van der Waals surface area contributed by atoms with E-state index >= 15 is 0 Å². The van der Waals surface area contributed by atoms with Gasteiger partial charge in [0.05, 0.1) is 5.69 Å². The average Bonchev–Trinajstić information content (AvgIpc) is 2.56. The number of anilines is 1. The van der Waals surface area contributed by atoms with Crippen LogP contribution in [0.2, 0.25) is 0 Å². The predicted molar refractivity (Wildman–Crippen MR) is 55.4 cm³/mol. The molecule has 2 rings (SSSR count). The third-order valence-electron chi connectivity index (χ3n) is 2.51. The van der Waals surface area contributed by atoms with Crippen LogP contribution in [0.25, 0.3) is 0 Å². The molecule has 1 fully saturated rings. The monoisotopic (exact) mass is 192 g/mol. The van der Waals surface area contributed by atoms with Crippen LogP contribution >= 0.6 is 0 Å².